The van der Waals surface area contributed by atoms with E-state index in [9.17, 15) is 0 Å². The summed E-state index contributed by atoms with van der Waals surface area (Å²) >= 11 is 1.88. The lowest BCUT2D eigenvalue weighted by Crippen LogP contribution is -2.15. The van der Waals surface area contributed by atoms with E-state index in [0.717, 1.165) is 11.4 Å². The van der Waals surface area contributed by atoms with E-state index in [1.807, 2.05) is 11.3 Å². The molecule has 3 heteroatoms. The van der Waals surface area contributed by atoms with E-state index in [1.165, 1.54) is 80.7 Å². The largest absolute Gasteiger partial charge is 0.355 e. The maximum absolute atomic E-state index is 3.80. The van der Waals surface area contributed by atoms with Gasteiger partial charge in [0, 0.05) is 43.0 Å². The van der Waals surface area contributed by atoms with E-state index in [-0.39, 0.29) is 5.41 Å². The highest BCUT2D eigenvalue weighted by atomic mass is 32.1. The van der Waals surface area contributed by atoms with Gasteiger partial charge in [0.25, 0.3) is 0 Å². The molecule has 0 spiro atoms. The van der Waals surface area contributed by atoms with Gasteiger partial charge in [0.05, 0.1) is 21.4 Å². The molecule has 0 saturated heterocycles. The first-order chi connectivity index (χ1) is 22.6. The number of thiophene rings is 1. The molecule has 0 fully saturated rings. The van der Waals surface area contributed by atoms with E-state index in [1.54, 1.807) is 0 Å². The minimum atomic E-state index is -0.0947. The molecule has 1 N–H and O–H groups in total. The molecule has 2 nitrogen and oxygen atoms in total. The molecule has 0 aliphatic heterocycles. The summed E-state index contributed by atoms with van der Waals surface area (Å²) in [4.78, 5) is 0. The molecule has 2 heterocycles. The minimum Gasteiger partial charge on any atom is -0.355 e. The quantitative estimate of drug-likeness (QED) is 0.212. The SMILES string of the molecule is CC1(C)c2cc(Nc3ccc4c5ccccc5n(-c5cccc6c5sc5ccccc56)c4c3)ccc2-c2ccc3ccccc3c21. The van der Waals surface area contributed by atoms with Crippen LogP contribution >= 0.6 is 11.3 Å². The fourth-order valence-corrected chi connectivity index (χ4v) is 9.27. The summed E-state index contributed by atoms with van der Waals surface area (Å²) in [7, 11) is 0. The number of aromatic nitrogens is 1. The van der Waals surface area contributed by atoms with Gasteiger partial charge in [-0.05, 0) is 75.5 Å². The Kier molecular flexibility index (Phi) is 5.25. The van der Waals surface area contributed by atoms with E-state index < -0.39 is 0 Å². The van der Waals surface area contributed by atoms with E-state index in [0.29, 0.717) is 0 Å². The first kappa shape index (κ1) is 25.9. The van der Waals surface area contributed by atoms with Crippen LogP contribution in [0, 0.1) is 0 Å². The van der Waals surface area contributed by atoms with Crippen molar-refractivity contribution in [2.45, 2.75) is 19.3 Å². The molecule has 0 saturated carbocycles. The van der Waals surface area contributed by atoms with Crippen LogP contribution in [0.3, 0.4) is 0 Å². The molecular formula is C43H30N2S. The third-order valence-electron chi connectivity index (χ3n) is 10.1. The van der Waals surface area contributed by atoms with Crippen LogP contribution in [0.25, 0.3) is 69.6 Å². The highest BCUT2D eigenvalue weighted by Gasteiger charge is 2.37. The third kappa shape index (κ3) is 3.52. The molecule has 1 aliphatic rings. The second kappa shape index (κ2) is 9.32. The summed E-state index contributed by atoms with van der Waals surface area (Å²) in [6.45, 7) is 4.74. The van der Waals surface area contributed by atoms with Crippen LogP contribution in [0.15, 0.2) is 140 Å². The Hall–Kier alpha value is -5.38. The summed E-state index contributed by atoms with van der Waals surface area (Å²) in [6.07, 6.45) is 0. The van der Waals surface area contributed by atoms with Crippen molar-refractivity contribution in [3.63, 3.8) is 0 Å². The number of hydrogen-bond acceptors (Lipinski definition) is 2. The van der Waals surface area contributed by atoms with Crippen LogP contribution in [0.1, 0.15) is 25.0 Å². The molecule has 0 bridgehead atoms. The van der Waals surface area contributed by atoms with Crippen LogP contribution in [0.2, 0.25) is 0 Å². The molecule has 0 radical (unpaired) electrons. The number of benzene rings is 7. The predicted octanol–water partition coefficient (Wildman–Crippen LogP) is 12.4. The summed E-state index contributed by atoms with van der Waals surface area (Å²) in [5.74, 6) is 0. The van der Waals surface area contributed by atoms with Crippen LogP contribution in [0.4, 0.5) is 11.4 Å². The molecule has 1 aliphatic carbocycles. The monoisotopic (exact) mass is 606 g/mol. The van der Waals surface area contributed by atoms with Gasteiger partial charge in [-0.1, -0.05) is 111 Å². The van der Waals surface area contributed by atoms with Crippen molar-refractivity contribution in [3.8, 4) is 16.8 Å². The van der Waals surface area contributed by atoms with Crippen molar-refractivity contribution >= 4 is 75.5 Å². The Morgan fingerprint density at radius 1 is 0.543 bits per heavy atom. The number of nitrogens with zero attached hydrogens (tertiary/aromatic N) is 1. The molecule has 46 heavy (non-hydrogen) atoms. The highest BCUT2D eigenvalue weighted by Crippen LogP contribution is 2.52. The smallest absolute Gasteiger partial charge is 0.0640 e. The van der Waals surface area contributed by atoms with Crippen molar-refractivity contribution in [1.29, 1.82) is 0 Å². The third-order valence-corrected chi connectivity index (χ3v) is 11.3. The summed E-state index contributed by atoms with van der Waals surface area (Å²) in [5.41, 5.74) is 11.2. The topological polar surface area (TPSA) is 17.0 Å². The molecule has 9 aromatic rings. The van der Waals surface area contributed by atoms with Gasteiger partial charge in [-0.3, -0.25) is 0 Å². The second-order valence-electron chi connectivity index (χ2n) is 13.1. The molecule has 0 amide bonds. The van der Waals surface area contributed by atoms with E-state index >= 15 is 0 Å². The highest BCUT2D eigenvalue weighted by molar-refractivity contribution is 7.26. The number of para-hydroxylation sites is 1. The lowest BCUT2D eigenvalue weighted by Gasteiger charge is -2.23. The molecule has 7 aromatic carbocycles. The van der Waals surface area contributed by atoms with Crippen LogP contribution in [0.5, 0.6) is 0 Å². The molecule has 2 aromatic heterocycles. The number of nitrogens with one attached hydrogen (secondary N) is 1. The van der Waals surface area contributed by atoms with Crippen molar-refractivity contribution < 1.29 is 0 Å². The maximum atomic E-state index is 3.80. The summed E-state index contributed by atoms with van der Waals surface area (Å²) in [5, 5.41) is 11.6. The van der Waals surface area contributed by atoms with Crippen molar-refractivity contribution in [2.75, 3.05) is 5.32 Å². The Balaban J connectivity index is 1.12. The number of rotatable bonds is 3. The molecule has 0 unspecified atom stereocenters. The zero-order chi connectivity index (χ0) is 30.6. The molecular weight excluding hydrogens is 577 g/mol. The second-order valence-corrected chi connectivity index (χ2v) is 14.1. The van der Waals surface area contributed by atoms with Gasteiger partial charge in [0.1, 0.15) is 0 Å². The van der Waals surface area contributed by atoms with Crippen LogP contribution < -0.4 is 5.32 Å². The molecule has 10 rings (SSSR count). The van der Waals surface area contributed by atoms with Crippen LogP contribution in [-0.2, 0) is 5.41 Å². The van der Waals surface area contributed by atoms with Gasteiger partial charge < -0.3 is 9.88 Å². The summed E-state index contributed by atoms with van der Waals surface area (Å²) in [6, 6.07) is 51.3. The number of fused-ring (bicyclic) bond motifs is 11. The van der Waals surface area contributed by atoms with Gasteiger partial charge in [-0.25, -0.2) is 0 Å². The number of hydrogen-bond donors (Lipinski definition) is 1. The first-order valence-corrected chi connectivity index (χ1v) is 16.8. The zero-order valence-corrected chi connectivity index (χ0v) is 26.5. The van der Waals surface area contributed by atoms with Crippen molar-refractivity contribution in [3.05, 3.63) is 151 Å². The normalized spacial score (nSPS) is 13.6. The van der Waals surface area contributed by atoms with Gasteiger partial charge in [0.15, 0.2) is 0 Å². The maximum Gasteiger partial charge on any atom is 0.0640 e. The van der Waals surface area contributed by atoms with Gasteiger partial charge >= 0.3 is 0 Å². The zero-order valence-electron chi connectivity index (χ0n) is 25.6. The predicted molar refractivity (Wildman–Crippen MR) is 198 cm³/mol. The first-order valence-electron chi connectivity index (χ1n) is 15.9. The van der Waals surface area contributed by atoms with E-state index in [2.05, 4.69) is 163 Å². The van der Waals surface area contributed by atoms with Gasteiger partial charge in [0.2, 0.25) is 0 Å². The Labute approximate surface area is 271 Å². The Bertz CT molecular complexity index is 2710. The van der Waals surface area contributed by atoms with Gasteiger partial charge in [-0.15, -0.1) is 11.3 Å². The average Bonchev–Trinajstić information content (AvgIpc) is 3.70. The average molecular weight is 607 g/mol. The molecule has 0 atom stereocenters. The van der Waals surface area contributed by atoms with Crippen molar-refractivity contribution in [1.82, 2.24) is 4.57 Å². The summed E-state index contributed by atoms with van der Waals surface area (Å²) < 4.78 is 5.10. The molecule has 218 valence electrons. The van der Waals surface area contributed by atoms with Crippen molar-refractivity contribution in [2.24, 2.45) is 0 Å². The van der Waals surface area contributed by atoms with E-state index in [4.69, 9.17) is 0 Å². The van der Waals surface area contributed by atoms with Crippen LogP contribution in [-0.4, -0.2) is 4.57 Å². The lowest BCUT2D eigenvalue weighted by atomic mass is 9.80. The Morgan fingerprint density at radius 2 is 1.24 bits per heavy atom. The fourth-order valence-electron chi connectivity index (χ4n) is 8.06. The number of anilines is 2. The Morgan fingerprint density at radius 3 is 2.15 bits per heavy atom. The minimum absolute atomic E-state index is 0.0947. The van der Waals surface area contributed by atoms with Gasteiger partial charge in [-0.2, -0.15) is 0 Å². The standard InChI is InChI=1S/C43H30N2S/c1-43(2)36-24-27(19-22-30(36)34-21-18-26-10-3-4-11-29(26)41(34)43)44-28-20-23-32-31-12-5-7-15-37(31)45(39(32)25-28)38-16-9-14-35-33-13-6-8-17-40(33)46-42(35)38/h3-25,44H,1-2H3. The lowest BCUT2D eigenvalue weighted by molar-refractivity contribution is 0.666. The fraction of sp³-hybridized carbons (Fsp3) is 0.0698.